The fourth-order valence-corrected chi connectivity index (χ4v) is 13.3. The Labute approximate surface area is 571 Å². The Balaban J connectivity index is 1.44. The lowest BCUT2D eigenvalue weighted by molar-refractivity contribution is -0.154. The van der Waals surface area contributed by atoms with Crippen LogP contribution < -0.4 is 30.8 Å². The number of aromatic amines is 1. The Hall–Kier alpha value is -4.62. The summed E-state index contributed by atoms with van der Waals surface area (Å²) in [5, 5.41) is 13.5. The summed E-state index contributed by atoms with van der Waals surface area (Å²) in [6.45, 7) is 9.55. The molecule has 1 saturated heterocycles. The fourth-order valence-electron chi connectivity index (χ4n) is 13.3. The number of esters is 1. The number of carbonyl (C=O) groups is 2. The SMILES string of the molecule is CCCCCCCCCCCCCCCCCCOc1ccc(C(NC(=O)CCC(=O)OC2C[C@H](n3cc(C)c(=O)[nH]c3=O)O[C@@H]2CO)c2ccccc2)c(OCCCCCCCCCCCCCCCCCC)c1OCCCCCCCCCCCCCCCCCC. The van der Waals surface area contributed by atoms with Crippen LogP contribution in [0.4, 0.5) is 0 Å². The summed E-state index contributed by atoms with van der Waals surface area (Å²) in [5.74, 6) is 0.827. The highest BCUT2D eigenvalue weighted by Crippen LogP contribution is 2.45. The van der Waals surface area contributed by atoms with Crippen molar-refractivity contribution in [2.45, 2.75) is 380 Å². The van der Waals surface area contributed by atoms with E-state index in [4.69, 9.17) is 23.7 Å². The maximum Gasteiger partial charge on any atom is 0.330 e. The van der Waals surface area contributed by atoms with Crippen molar-refractivity contribution in [2.24, 2.45) is 0 Å². The van der Waals surface area contributed by atoms with Crippen LogP contribution in [0.15, 0.2) is 58.3 Å². The van der Waals surface area contributed by atoms with Gasteiger partial charge in [0.05, 0.1) is 38.9 Å². The number of hydrogen-bond acceptors (Lipinski definition) is 10. The number of rotatable bonds is 63. The van der Waals surface area contributed by atoms with Gasteiger partial charge in [-0.1, -0.05) is 340 Å². The Morgan fingerprint density at radius 2 is 0.894 bits per heavy atom. The van der Waals surface area contributed by atoms with Gasteiger partial charge in [-0.2, -0.15) is 0 Å². The first-order valence-electron chi connectivity index (χ1n) is 39.4. The number of nitrogens with zero attached hydrogens (tertiary/aromatic N) is 1. The third-order valence-corrected chi connectivity index (χ3v) is 19.3. The largest absolute Gasteiger partial charge is 0.490 e. The van der Waals surface area contributed by atoms with Gasteiger partial charge in [-0.05, 0) is 43.9 Å². The molecular formula is C81H137N3O10. The van der Waals surface area contributed by atoms with Crippen molar-refractivity contribution in [1.82, 2.24) is 14.9 Å². The van der Waals surface area contributed by atoms with Crippen molar-refractivity contribution in [3.8, 4) is 17.2 Å². The first-order valence-corrected chi connectivity index (χ1v) is 39.4. The standard InChI is InChI=1S/C81H137N3O10/c1-5-8-11-14-17-20-23-26-29-32-35-38-41-44-47-53-62-90-71-59-58-70(77(69-56-51-50-52-57-69)82-74(86)60-61-76(87)94-72-65-75(93-73(72)67-85)84-66-68(4)80(88)83-81(84)89)78(91-63-54-48-45-42-39-36-33-30-27-24-21-18-15-12-9-6-2)79(71)92-64-55-49-46-43-40-37-34-31-28-25-22-19-16-13-10-7-3/h50-52,56-59,66,72-73,75,77,85H,5-49,53-55,60-65,67H2,1-4H3,(H,82,86)(H,83,88,89)/t72?,73-,75-,77?/m1/s1. The number of aromatic nitrogens is 2. The predicted octanol–water partition coefficient (Wildman–Crippen LogP) is 21.6. The number of carbonyl (C=O) groups excluding carboxylic acids is 2. The Kier molecular flexibility index (Phi) is 48.2. The lowest BCUT2D eigenvalue weighted by Gasteiger charge is -2.26. The normalized spacial score (nSPS) is 15.0. The fraction of sp³-hybridized carbons (Fsp3) is 0.778. The molecule has 536 valence electrons. The quantitative estimate of drug-likeness (QED) is 0.0365. The van der Waals surface area contributed by atoms with E-state index in [0.29, 0.717) is 42.6 Å². The third kappa shape index (κ3) is 37.2. The van der Waals surface area contributed by atoms with E-state index in [-0.39, 0.29) is 25.2 Å². The number of unbranched alkanes of at least 4 members (excludes halogenated alkanes) is 45. The van der Waals surface area contributed by atoms with E-state index >= 15 is 0 Å². The number of ether oxygens (including phenoxy) is 5. The van der Waals surface area contributed by atoms with Crippen LogP contribution in [-0.2, 0) is 19.1 Å². The zero-order valence-corrected chi connectivity index (χ0v) is 60.4. The highest BCUT2D eigenvalue weighted by atomic mass is 16.6. The van der Waals surface area contributed by atoms with E-state index in [1.54, 1.807) is 6.92 Å². The van der Waals surface area contributed by atoms with E-state index in [0.717, 1.165) is 56.1 Å². The molecule has 3 aromatic rings. The van der Waals surface area contributed by atoms with Crippen LogP contribution in [0.1, 0.15) is 377 Å². The molecule has 1 aliphatic heterocycles. The van der Waals surface area contributed by atoms with Crippen molar-refractivity contribution in [2.75, 3.05) is 26.4 Å². The summed E-state index contributed by atoms with van der Waals surface area (Å²) in [5.41, 5.74) is 0.758. The molecule has 13 nitrogen and oxygen atoms in total. The molecule has 4 rings (SSSR count). The third-order valence-electron chi connectivity index (χ3n) is 19.3. The average Bonchev–Trinajstić information content (AvgIpc) is 1.01. The summed E-state index contributed by atoms with van der Waals surface area (Å²) in [6.07, 6.45) is 60.7. The van der Waals surface area contributed by atoms with Crippen LogP contribution in [0.2, 0.25) is 0 Å². The Morgan fingerprint density at radius 3 is 1.30 bits per heavy atom. The summed E-state index contributed by atoms with van der Waals surface area (Å²) in [7, 11) is 0. The second kappa shape index (κ2) is 55.4. The monoisotopic (exact) mass is 1310 g/mol. The second-order valence-electron chi connectivity index (χ2n) is 27.7. The molecular weight excluding hydrogens is 1170 g/mol. The van der Waals surface area contributed by atoms with Gasteiger partial charge in [0.25, 0.3) is 5.56 Å². The zero-order valence-electron chi connectivity index (χ0n) is 60.4. The summed E-state index contributed by atoms with van der Waals surface area (Å²) >= 11 is 0. The van der Waals surface area contributed by atoms with Crippen molar-refractivity contribution in [1.29, 1.82) is 0 Å². The molecule has 1 aliphatic rings. The number of aliphatic hydroxyl groups is 1. The topological polar surface area (TPSA) is 167 Å². The molecule has 0 spiro atoms. The Morgan fingerprint density at radius 1 is 0.511 bits per heavy atom. The molecule has 4 atom stereocenters. The van der Waals surface area contributed by atoms with Crippen LogP contribution in [-0.4, -0.2) is 65.2 Å². The van der Waals surface area contributed by atoms with Gasteiger partial charge < -0.3 is 34.1 Å². The van der Waals surface area contributed by atoms with Crippen LogP contribution >= 0.6 is 0 Å². The maximum absolute atomic E-state index is 14.3. The highest BCUT2D eigenvalue weighted by molar-refractivity contribution is 5.82. The molecule has 1 aromatic heterocycles. The lowest BCUT2D eigenvalue weighted by atomic mass is 9.96. The van der Waals surface area contributed by atoms with Crippen LogP contribution in [0.3, 0.4) is 0 Å². The number of aryl methyl sites for hydroxylation is 1. The van der Waals surface area contributed by atoms with Crippen molar-refractivity contribution in [3.05, 3.63) is 86.2 Å². The molecule has 3 N–H and O–H groups in total. The first kappa shape index (κ1) is 81.8. The van der Waals surface area contributed by atoms with Gasteiger partial charge in [0.2, 0.25) is 11.7 Å². The highest BCUT2D eigenvalue weighted by Gasteiger charge is 2.39. The summed E-state index contributed by atoms with van der Waals surface area (Å²) < 4.78 is 33.6. The zero-order chi connectivity index (χ0) is 67.2. The Bertz CT molecular complexity index is 2440. The smallest absolute Gasteiger partial charge is 0.330 e. The van der Waals surface area contributed by atoms with E-state index in [1.807, 2.05) is 42.5 Å². The molecule has 2 heterocycles. The molecule has 0 saturated carbocycles. The van der Waals surface area contributed by atoms with E-state index in [2.05, 4.69) is 31.1 Å². The van der Waals surface area contributed by atoms with Crippen LogP contribution in [0, 0.1) is 6.92 Å². The van der Waals surface area contributed by atoms with Gasteiger partial charge in [0.15, 0.2) is 11.5 Å². The number of H-pyrrole nitrogens is 1. The van der Waals surface area contributed by atoms with E-state index < -0.39 is 48.3 Å². The van der Waals surface area contributed by atoms with Gasteiger partial charge in [-0.3, -0.25) is 23.9 Å². The molecule has 1 fully saturated rings. The molecule has 0 aliphatic carbocycles. The predicted molar refractivity (Wildman–Crippen MR) is 389 cm³/mol. The summed E-state index contributed by atoms with van der Waals surface area (Å²) in [4.78, 5) is 54.9. The van der Waals surface area contributed by atoms with Gasteiger partial charge in [0.1, 0.15) is 18.4 Å². The van der Waals surface area contributed by atoms with Crippen LogP contribution in [0.5, 0.6) is 17.2 Å². The molecule has 0 bridgehead atoms. The number of hydrogen-bond donors (Lipinski definition) is 3. The molecule has 2 aromatic carbocycles. The van der Waals surface area contributed by atoms with Gasteiger partial charge >= 0.3 is 11.7 Å². The number of aliphatic hydroxyl groups excluding tert-OH is 1. The maximum atomic E-state index is 14.3. The number of nitrogens with one attached hydrogen (secondary N) is 2. The van der Waals surface area contributed by atoms with Gasteiger partial charge in [-0.25, -0.2) is 4.79 Å². The van der Waals surface area contributed by atoms with Crippen LogP contribution in [0.25, 0.3) is 0 Å². The molecule has 2 unspecified atom stereocenters. The minimum absolute atomic E-state index is 0.0793. The lowest BCUT2D eigenvalue weighted by Crippen LogP contribution is -2.33. The molecule has 94 heavy (non-hydrogen) atoms. The minimum atomic E-state index is -0.900. The number of benzene rings is 2. The average molecular weight is 1310 g/mol. The molecule has 13 heteroatoms. The van der Waals surface area contributed by atoms with Gasteiger partial charge in [0, 0.05) is 30.2 Å². The van der Waals surface area contributed by atoms with Crippen molar-refractivity contribution >= 4 is 11.9 Å². The molecule has 1 amide bonds. The van der Waals surface area contributed by atoms with Crippen molar-refractivity contribution in [3.63, 3.8) is 0 Å². The second-order valence-corrected chi connectivity index (χ2v) is 27.7. The first-order chi connectivity index (χ1) is 46.2. The van der Waals surface area contributed by atoms with E-state index in [9.17, 15) is 24.3 Å². The van der Waals surface area contributed by atoms with Crippen molar-refractivity contribution < 1.29 is 38.4 Å². The van der Waals surface area contributed by atoms with Gasteiger partial charge in [-0.15, -0.1) is 0 Å². The minimum Gasteiger partial charge on any atom is -0.490 e. The van der Waals surface area contributed by atoms with E-state index in [1.165, 1.54) is 274 Å². The summed E-state index contributed by atoms with van der Waals surface area (Å²) in [6, 6.07) is 13.2. The number of amides is 1. The molecule has 0 radical (unpaired) electrons.